The van der Waals surface area contributed by atoms with E-state index in [2.05, 4.69) is 15.8 Å². The molecule has 26 heavy (non-hydrogen) atoms. The summed E-state index contributed by atoms with van der Waals surface area (Å²) in [6.07, 6.45) is 3.01. The van der Waals surface area contributed by atoms with Gasteiger partial charge in [0.2, 0.25) is 0 Å². The predicted molar refractivity (Wildman–Crippen MR) is 99.6 cm³/mol. The van der Waals surface area contributed by atoms with Gasteiger partial charge in [-0.1, -0.05) is 30.3 Å². The van der Waals surface area contributed by atoms with Gasteiger partial charge in [0.25, 0.3) is 0 Å². The van der Waals surface area contributed by atoms with Crippen LogP contribution >= 0.6 is 0 Å². The summed E-state index contributed by atoms with van der Waals surface area (Å²) in [6, 6.07) is 14.8. The molecule has 0 radical (unpaired) electrons. The van der Waals surface area contributed by atoms with Gasteiger partial charge in [-0.15, -0.1) is 0 Å². The zero-order chi connectivity index (χ0) is 18.8. The van der Waals surface area contributed by atoms with Crippen molar-refractivity contribution in [1.29, 1.82) is 0 Å². The molecule has 0 atom stereocenters. The maximum absolute atomic E-state index is 11.9. The van der Waals surface area contributed by atoms with Crippen molar-refractivity contribution in [1.82, 2.24) is 5.43 Å². The van der Waals surface area contributed by atoms with Crippen molar-refractivity contribution >= 4 is 23.7 Å². The van der Waals surface area contributed by atoms with E-state index in [9.17, 15) is 9.59 Å². The lowest BCUT2D eigenvalue weighted by molar-refractivity contribution is -0.136. The number of hydrogen-bond acceptors (Lipinski definition) is 5. The number of ether oxygens (including phenoxy) is 2. The molecule has 0 aliphatic carbocycles. The molecule has 2 rings (SSSR count). The third kappa shape index (κ3) is 5.62. The highest BCUT2D eigenvalue weighted by Gasteiger charge is 2.15. The lowest BCUT2D eigenvalue weighted by atomic mass is 10.1. The Balaban J connectivity index is 1.82. The second-order valence-electron chi connectivity index (χ2n) is 5.30. The first kappa shape index (κ1) is 19.0. The lowest BCUT2D eigenvalue weighted by Gasteiger charge is -2.10. The van der Waals surface area contributed by atoms with Crippen LogP contribution in [0.2, 0.25) is 0 Å². The van der Waals surface area contributed by atoms with E-state index in [0.29, 0.717) is 23.6 Å². The van der Waals surface area contributed by atoms with E-state index < -0.39 is 11.8 Å². The summed E-state index contributed by atoms with van der Waals surface area (Å²) in [5.74, 6) is -0.739. The van der Waals surface area contributed by atoms with Crippen molar-refractivity contribution in [3.05, 3.63) is 54.1 Å². The summed E-state index contributed by atoms with van der Waals surface area (Å²) in [4.78, 5) is 23.7. The number of hydrazone groups is 1. The maximum atomic E-state index is 11.9. The maximum Gasteiger partial charge on any atom is 0.329 e. The summed E-state index contributed by atoms with van der Waals surface area (Å²) < 4.78 is 10.2. The van der Waals surface area contributed by atoms with Crippen LogP contribution in [0.15, 0.2) is 53.6 Å². The zero-order valence-corrected chi connectivity index (χ0v) is 14.7. The molecule has 0 saturated carbocycles. The minimum Gasteiger partial charge on any atom is -0.497 e. The van der Waals surface area contributed by atoms with Gasteiger partial charge in [0.1, 0.15) is 11.5 Å². The van der Waals surface area contributed by atoms with E-state index in [-0.39, 0.29) is 0 Å². The van der Waals surface area contributed by atoms with Crippen LogP contribution in [0.1, 0.15) is 12.0 Å². The fourth-order valence-corrected chi connectivity index (χ4v) is 2.18. The van der Waals surface area contributed by atoms with E-state index in [0.717, 1.165) is 6.42 Å². The van der Waals surface area contributed by atoms with Gasteiger partial charge in [-0.05, 0) is 30.5 Å². The van der Waals surface area contributed by atoms with Gasteiger partial charge in [0.15, 0.2) is 0 Å². The number of methoxy groups -OCH3 is 2. The van der Waals surface area contributed by atoms with Crippen molar-refractivity contribution in [2.45, 2.75) is 12.8 Å². The normalized spacial score (nSPS) is 10.4. The van der Waals surface area contributed by atoms with Crippen LogP contribution in [-0.2, 0) is 16.0 Å². The molecule has 7 heteroatoms. The molecule has 0 aliphatic rings. The number of aryl methyl sites for hydroxylation is 1. The van der Waals surface area contributed by atoms with Crippen molar-refractivity contribution in [2.24, 2.45) is 5.10 Å². The number of nitrogens with zero attached hydrogens (tertiary/aromatic N) is 1. The highest BCUT2D eigenvalue weighted by Crippen LogP contribution is 2.28. The summed E-state index contributed by atoms with van der Waals surface area (Å²) in [6.45, 7) is 0. The van der Waals surface area contributed by atoms with Crippen LogP contribution < -0.4 is 20.2 Å². The molecule has 2 aromatic rings. The van der Waals surface area contributed by atoms with E-state index in [1.165, 1.54) is 19.8 Å². The molecule has 0 saturated heterocycles. The van der Waals surface area contributed by atoms with Crippen molar-refractivity contribution in [3.63, 3.8) is 0 Å². The Labute approximate surface area is 152 Å². The van der Waals surface area contributed by atoms with Gasteiger partial charge in [-0.3, -0.25) is 9.59 Å². The van der Waals surface area contributed by atoms with Crippen LogP contribution in [-0.4, -0.2) is 32.2 Å². The molecule has 0 unspecified atom stereocenters. The molecule has 136 valence electrons. The Hall–Kier alpha value is -3.35. The fourth-order valence-electron chi connectivity index (χ4n) is 2.18. The number of amides is 2. The highest BCUT2D eigenvalue weighted by molar-refractivity contribution is 6.39. The van der Waals surface area contributed by atoms with Crippen LogP contribution in [0.5, 0.6) is 11.5 Å². The van der Waals surface area contributed by atoms with Crippen LogP contribution in [0.3, 0.4) is 0 Å². The van der Waals surface area contributed by atoms with Gasteiger partial charge in [-0.25, -0.2) is 5.43 Å². The van der Waals surface area contributed by atoms with E-state index in [1.807, 2.05) is 30.3 Å². The standard InChI is InChI=1S/C19H21N3O4/c1-25-15-10-11-16(17(13-15)26-2)21-18(23)19(24)22-20-12-6-9-14-7-4-3-5-8-14/h3-5,7-8,10-13H,6,9H2,1-2H3,(H,21,23)(H,22,24). The molecule has 0 spiro atoms. The van der Waals surface area contributed by atoms with Gasteiger partial charge in [0, 0.05) is 12.3 Å². The Bertz CT molecular complexity index is 776. The van der Waals surface area contributed by atoms with Crippen molar-refractivity contribution in [3.8, 4) is 11.5 Å². The third-order valence-corrected chi connectivity index (χ3v) is 3.53. The number of carbonyl (C=O) groups excluding carboxylic acids is 2. The quantitative estimate of drug-likeness (QED) is 0.453. The average molecular weight is 355 g/mol. The fraction of sp³-hybridized carbons (Fsp3) is 0.211. The average Bonchev–Trinajstić information content (AvgIpc) is 2.68. The van der Waals surface area contributed by atoms with Gasteiger partial charge in [-0.2, -0.15) is 5.10 Å². The van der Waals surface area contributed by atoms with Gasteiger partial charge in [0.05, 0.1) is 19.9 Å². The number of rotatable bonds is 7. The van der Waals surface area contributed by atoms with Gasteiger partial charge >= 0.3 is 11.8 Å². The molecule has 7 nitrogen and oxygen atoms in total. The van der Waals surface area contributed by atoms with Crippen LogP contribution in [0, 0.1) is 0 Å². The zero-order valence-electron chi connectivity index (χ0n) is 14.7. The minimum absolute atomic E-state index is 0.363. The molecule has 0 aliphatic heterocycles. The number of nitrogens with one attached hydrogen (secondary N) is 2. The number of hydrogen-bond donors (Lipinski definition) is 2. The molecule has 0 bridgehead atoms. The summed E-state index contributed by atoms with van der Waals surface area (Å²) in [5, 5.41) is 6.26. The second-order valence-corrected chi connectivity index (χ2v) is 5.30. The highest BCUT2D eigenvalue weighted by atomic mass is 16.5. The third-order valence-electron chi connectivity index (χ3n) is 3.53. The summed E-state index contributed by atoms with van der Waals surface area (Å²) in [7, 11) is 2.98. The molecule has 2 amide bonds. The molecule has 0 heterocycles. The molecular formula is C19H21N3O4. The molecular weight excluding hydrogens is 334 g/mol. The Morgan fingerprint density at radius 2 is 1.81 bits per heavy atom. The Morgan fingerprint density at radius 1 is 1.04 bits per heavy atom. The van der Waals surface area contributed by atoms with Crippen molar-refractivity contribution < 1.29 is 19.1 Å². The van der Waals surface area contributed by atoms with E-state index >= 15 is 0 Å². The van der Waals surface area contributed by atoms with Crippen LogP contribution in [0.25, 0.3) is 0 Å². The lowest BCUT2D eigenvalue weighted by Crippen LogP contribution is -2.32. The molecule has 0 aromatic heterocycles. The first-order valence-corrected chi connectivity index (χ1v) is 8.03. The van der Waals surface area contributed by atoms with Crippen molar-refractivity contribution in [2.75, 3.05) is 19.5 Å². The van der Waals surface area contributed by atoms with Gasteiger partial charge < -0.3 is 14.8 Å². The second kappa shape index (κ2) is 9.83. The first-order valence-electron chi connectivity index (χ1n) is 8.03. The predicted octanol–water partition coefficient (Wildman–Crippen LogP) is 2.38. The summed E-state index contributed by atoms with van der Waals surface area (Å²) in [5.41, 5.74) is 3.74. The molecule has 2 N–H and O–H groups in total. The minimum atomic E-state index is -0.862. The Morgan fingerprint density at radius 3 is 2.50 bits per heavy atom. The number of anilines is 1. The number of carbonyl (C=O) groups is 2. The Kier molecular flexibility index (Phi) is 7.17. The number of benzene rings is 2. The molecule has 2 aromatic carbocycles. The van der Waals surface area contributed by atoms with E-state index in [4.69, 9.17) is 9.47 Å². The van der Waals surface area contributed by atoms with E-state index in [1.54, 1.807) is 24.4 Å². The monoisotopic (exact) mass is 355 g/mol. The SMILES string of the molecule is COc1ccc(NC(=O)C(=O)NN=CCCc2ccccc2)c(OC)c1. The summed E-state index contributed by atoms with van der Waals surface area (Å²) >= 11 is 0. The topological polar surface area (TPSA) is 89.0 Å². The first-order chi connectivity index (χ1) is 12.6. The van der Waals surface area contributed by atoms with Crippen LogP contribution in [0.4, 0.5) is 5.69 Å². The largest absolute Gasteiger partial charge is 0.497 e. The smallest absolute Gasteiger partial charge is 0.329 e. The molecule has 0 fully saturated rings.